The van der Waals surface area contributed by atoms with E-state index in [1.807, 2.05) is 6.07 Å². The van der Waals surface area contributed by atoms with Crippen LogP contribution in [0.3, 0.4) is 0 Å². The fourth-order valence-electron chi connectivity index (χ4n) is 3.17. The molecule has 0 unspecified atom stereocenters. The van der Waals surface area contributed by atoms with Gasteiger partial charge in [-0.1, -0.05) is 6.07 Å². The number of nitrogens with one attached hydrogen (secondary N) is 1. The van der Waals surface area contributed by atoms with E-state index >= 15 is 0 Å². The average Bonchev–Trinajstić information content (AvgIpc) is 3.13. The molecule has 0 fully saturated rings. The van der Waals surface area contributed by atoms with Gasteiger partial charge in [0.25, 0.3) is 0 Å². The van der Waals surface area contributed by atoms with Crippen molar-refractivity contribution in [2.75, 3.05) is 11.9 Å². The summed E-state index contributed by atoms with van der Waals surface area (Å²) in [7, 11) is 0. The first-order valence-corrected chi connectivity index (χ1v) is 9.12. The lowest BCUT2D eigenvalue weighted by Gasteiger charge is -2.17. The molecule has 1 amide bonds. The normalized spacial score (nSPS) is 12.8. The molecule has 1 aliphatic heterocycles. The van der Waals surface area contributed by atoms with Crippen LogP contribution < -0.4 is 5.32 Å². The van der Waals surface area contributed by atoms with Gasteiger partial charge in [0.05, 0.1) is 11.9 Å². The van der Waals surface area contributed by atoms with Gasteiger partial charge in [-0.3, -0.25) is 9.59 Å². The number of carbonyl (C=O) groups is 3. The maximum atomic E-state index is 12.4. The van der Waals surface area contributed by atoms with Crippen LogP contribution in [-0.2, 0) is 16.0 Å². The summed E-state index contributed by atoms with van der Waals surface area (Å²) in [4.78, 5) is 40.5. The van der Waals surface area contributed by atoms with E-state index in [0.717, 1.165) is 5.56 Å². The molecular weight excluding hydrogens is 372 g/mol. The number of carbonyl (C=O) groups excluding carboxylic acids is 3. The minimum absolute atomic E-state index is 0.0351. The molecule has 2 aromatic heterocycles. The number of benzene rings is 1. The SMILES string of the molecule is Cc1c(C(=O)OCC(=O)c2ccc3c(c2)CCC(=O)N3)cnn1-c1ccccn1. The molecule has 0 radical (unpaired) electrons. The van der Waals surface area contributed by atoms with Crippen LogP contribution in [-0.4, -0.2) is 39.0 Å². The maximum absolute atomic E-state index is 12.4. The Labute approximate surface area is 166 Å². The number of ether oxygens (including phenoxy) is 1. The standard InChI is InChI=1S/C21H18N4O4/c1-13-16(11-23-25(13)19-4-2-3-9-22-19)21(28)29-12-18(26)15-5-7-17-14(10-15)6-8-20(27)24-17/h2-5,7,9-11H,6,8,12H2,1H3,(H,24,27). The van der Waals surface area contributed by atoms with Crippen molar-refractivity contribution in [1.29, 1.82) is 0 Å². The van der Waals surface area contributed by atoms with Crippen LogP contribution in [0.4, 0.5) is 5.69 Å². The Morgan fingerprint density at radius 1 is 1.21 bits per heavy atom. The van der Waals surface area contributed by atoms with Crippen molar-refractivity contribution in [3.8, 4) is 5.82 Å². The van der Waals surface area contributed by atoms with Gasteiger partial charge in [0.1, 0.15) is 5.56 Å². The van der Waals surface area contributed by atoms with Crippen LogP contribution in [0.2, 0.25) is 0 Å². The topological polar surface area (TPSA) is 103 Å². The minimum Gasteiger partial charge on any atom is -0.454 e. The lowest BCUT2D eigenvalue weighted by Crippen LogP contribution is -2.20. The number of hydrogen-bond acceptors (Lipinski definition) is 6. The van der Waals surface area contributed by atoms with Crippen molar-refractivity contribution in [3.05, 3.63) is 71.2 Å². The summed E-state index contributed by atoms with van der Waals surface area (Å²) in [5, 5.41) is 6.95. The Bertz CT molecular complexity index is 1110. The van der Waals surface area contributed by atoms with E-state index in [0.29, 0.717) is 35.6 Å². The van der Waals surface area contributed by atoms with Gasteiger partial charge >= 0.3 is 5.97 Å². The summed E-state index contributed by atoms with van der Waals surface area (Å²) in [6.45, 7) is 1.36. The molecular formula is C21H18N4O4. The van der Waals surface area contributed by atoms with Crippen LogP contribution in [0.25, 0.3) is 5.82 Å². The monoisotopic (exact) mass is 390 g/mol. The summed E-state index contributed by atoms with van der Waals surface area (Å²) in [5.41, 5.74) is 2.90. The van der Waals surface area contributed by atoms with Gasteiger partial charge in [-0.25, -0.2) is 14.5 Å². The van der Waals surface area contributed by atoms with Gasteiger partial charge in [-0.15, -0.1) is 0 Å². The Morgan fingerprint density at radius 2 is 2.07 bits per heavy atom. The van der Waals surface area contributed by atoms with Crippen molar-refractivity contribution in [2.45, 2.75) is 19.8 Å². The van der Waals surface area contributed by atoms with E-state index in [-0.39, 0.29) is 23.9 Å². The quantitative estimate of drug-likeness (QED) is 0.530. The zero-order valence-corrected chi connectivity index (χ0v) is 15.7. The van der Waals surface area contributed by atoms with E-state index in [4.69, 9.17) is 4.74 Å². The molecule has 1 aliphatic rings. The number of aromatic nitrogens is 3. The second-order valence-electron chi connectivity index (χ2n) is 6.66. The molecule has 0 saturated heterocycles. The third-order valence-corrected chi connectivity index (χ3v) is 4.75. The van der Waals surface area contributed by atoms with E-state index in [1.165, 1.54) is 10.9 Å². The van der Waals surface area contributed by atoms with Crippen molar-refractivity contribution in [3.63, 3.8) is 0 Å². The van der Waals surface area contributed by atoms with Gasteiger partial charge in [-0.2, -0.15) is 5.10 Å². The van der Waals surface area contributed by atoms with E-state index in [9.17, 15) is 14.4 Å². The molecule has 8 nitrogen and oxygen atoms in total. The highest BCUT2D eigenvalue weighted by Gasteiger charge is 2.20. The fourth-order valence-corrected chi connectivity index (χ4v) is 3.17. The molecule has 0 bridgehead atoms. The summed E-state index contributed by atoms with van der Waals surface area (Å²) >= 11 is 0. The first-order valence-electron chi connectivity index (χ1n) is 9.12. The second-order valence-corrected chi connectivity index (χ2v) is 6.66. The van der Waals surface area contributed by atoms with Crippen molar-refractivity contribution >= 4 is 23.3 Å². The fraction of sp³-hybridized carbons (Fsp3) is 0.190. The summed E-state index contributed by atoms with van der Waals surface area (Å²) in [5.74, 6) is -0.385. The average molecular weight is 390 g/mol. The van der Waals surface area contributed by atoms with Crippen molar-refractivity contribution in [1.82, 2.24) is 14.8 Å². The smallest absolute Gasteiger partial charge is 0.342 e. The number of nitrogens with zero attached hydrogens (tertiary/aromatic N) is 3. The number of amides is 1. The number of anilines is 1. The van der Waals surface area contributed by atoms with E-state index in [1.54, 1.807) is 43.5 Å². The lowest BCUT2D eigenvalue weighted by molar-refractivity contribution is -0.116. The molecule has 146 valence electrons. The summed E-state index contributed by atoms with van der Waals surface area (Å²) in [6, 6.07) is 10.4. The molecule has 1 N–H and O–H groups in total. The molecule has 3 aromatic rings. The van der Waals surface area contributed by atoms with Gasteiger partial charge < -0.3 is 10.1 Å². The predicted molar refractivity (Wildman–Crippen MR) is 104 cm³/mol. The maximum Gasteiger partial charge on any atom is 0.342 e. The lowest BCUT2D eigenvalue weighted by atomic mass is 9.99. The molecule has 8 heteroatoms. The summed E-state index contributed by atoms with van der Waals surface area (Å²) < 4.78 is 6.74. The van der Waals surface area contributed by atoms with Crippen molar-refractivity contribution in [2.24, 2.45) is 0 Å². The van der Waals surface area contributed by atoms with Gasteiger partial charge in [-0.05, 0) is 49.2 Å². The van der Waals surface area contributed by atoms with Crippen LogP contribution >= 0.6 is 0 Å². The number of fused-ring (bicyclic) bond motifs is 1. The highest BCUT2D eigenvalue weighted by molar-refractivity contribution is 6.01. The van der Waals surface area contributed by atoms with E-state index in [2.05, 4.69) is 15.4 Å². The first-order chi connectivity index (χ1) is 14.0. The van der Waals surface area contributed by atoms with Crippen LogP contribution in [0.15, 0.2) is 48.8 Å². The first kappa shape index (κ1) is 18.5. The molecule has 1 aromatic carbocycles. The zero-order chi connectivity index (χ0) is 20.4. The Morgan fingerprint density at radius 3 is 2.86 bits per heavy atom. The molecule has 0 saturated carbocycles. The van der Waals surface area contributed by atoms with Crippen LogP contribution in [0.1, 0.15) is 38.4 Å². The molecule has 29 heavy (non-hydrogen) atoms. The number of aryl methyl sites for hydroxylation is 1. The minimum atomic E-state index is -0.622. The molecule has 0 atom stereocenters. The van der Waals surface area contributed by atoms with Gasteiger partial charge in [0, 0.05) is 23.9 Å². The largest absolute Gasteiger partial charge is 0.454 e. The molecule has 3 heterocycles. The molecule has 0 spiro atoms. The van der Waals surface area contributed by atoms with Crippen molar-refractivity contribution < 1.29 is 19.1 Å². The number of rotatable bonds is 5. The van der Waals surface area contributed by atoms with Crippen LogP contribution in [0.5, 0.6) is 0 Å². The number of pyridine rings is 1. The molecule has 0 aliphatic carbocycles. The zero-order valence-electron chi connectivity index (χ0n) is 15.7. The second kappa shape index (κ2) is 7.67. The van der Waals surface area contributed by atoms with Gasteiger partial charge in [0.2, 0.25) is 5.91 Å². The third-order valence-electron chi connectivity index (χ3n) is 4.75. The number of esters is 1. The predicted octanol–water partition coefficient (Wildman–Crippen LogP) is 2.50. The molecule has 4 rings (SSSR count). The summed E-state index contributed by atoms with van der Waals surface area (Å²) in [6.07, 6.45) is 4.00. The van der Waals surface area contributed by atoms with E-state index < -0.39 is 5.97 Å². The Kier molecular flexibility index (Phi) is 4.90. The number of hydrogen-bond donors (Lipinski definition) is 1. The van der Waals surface area contributed by atoms with Gasteiger partial charge in [0.15, 0.2) is 18.2 Å². The number of Topliss-reactive ketones (excluding diaryl/α,β-unsaturated/α-hetero) is 1. The Hall–Kier alpha value is -3.81. The third kappa shape index (κ3) is 3.77. The highest BCUT2D eigenvalue weighted by atomic mass is 16.5. The number of ketones is 1. The Balaban J connectivity index is 1.43. The highest BCUT2D eigenvalue weighted by Crippen LogP contribution is 2.24. The van der Waals surface area contributed by atoms with Crippen LogP contribution in [0, 0.1) is 6.92 Å².